The van der Waals surface area contributed by atoms with Crippen LogP contribution in [-0.2, 0) is 17.8 Å². The van der Waals surface area contributed by atoms with E-state index in [9.17, 15) is 4.39 Å². The lowest BCUT2D eigenvalue weighted by Gasteiger charge is -2.32. The summed E-state index contributed by atoms with van der Waals surface area (Å²) in [4.78, 5) is 6.89. The number of benzene rings is 2. The molecule has 1 aromatic heterocycles. The Hall–Kier alpha value is -2.41. The molecule has 0 aliphatic carbocycles. The van der Waals surface area contributed by atoms with Crippen molar-refractivity contribution in [3.05, 3.63) is 64.6 Å². The van der Waals surface area contributed by atoms with Gasteiger partial charge >= 0.3 is 0 Å². The van der Waals surface area contributed by atoms with E-state index in [-0.39, 0.29) is 5.82 Å². The molecule has 1 aliphatic heterocycles. The Balaban J connectivity index is 1.69. The van der Waals surface area contributed by atoms with Crippen molar-refractivity contribution < 1.29 is 13.9 Å². The molecule has 2 aromatic carbocycles. The van der Waals surface area contributed by atoms with E-state index in [1.54, 1.807) is 13.2 Å². The van der Waals surface area contributed by atoms with Crippen molar-refractivity contribution >= 4 is 28.2 Å². The van der Waals surface area contributed by atoms with Crippen molar-refractivity contribution in [3.63, 3.8) is 0 Å². The van der Waals surface area contributed by atoms with E-state index in [2.05, 4.69) is 15.2 Å². The normalized spacial score (nSPS) is 14.4. The SMILES string of the molecule is COc1ccc2nc(Cl)c(CNCc3cccc(F)c3)c(N3CCOCC3)c2c1. The number of methoxy groups -OCH3 is 1. The van der Waals surface area contributed by atoms with Crippen molar-refractivity contribution in [3.8, 4) is 5.75 Å². The van der Waals surface area contributed by atoms with Crippen LogP contribution in [0.3, 0.4) is 0 Å². The first-order valence-electron chi connectivity index (χ1n) is 9.59. The average molecular weight is 416 g/mol. The smallest absolute Gasteiger partial charge is 0.136 e. The van der Waals surface area contributed by atoms with E-state index in [0.717, 1.165) is 46.6 Å². The summed E-state index contributed by atoms with van der Waals surface area (Å²) in [5.74, 6) is 0.533. The molecule has 3 aromatic rings. The summed E-state index contributed by atoms with van der Waals surface area (Å²) in [6.07, 6.45) is 0. The lowest BCUT2D eigenvalue weighted by Crippen LogP contribution is -2.37. The zero-order valence-electron chi connectivity index (χ0n) is 16.3. The standard InChI is InChI=1S/C22H23ClFN3O2/c1-28-17-5-6-20-18(12-17)21(27-7-9-29-10-8-27)19(22(23)26-20)14-25-13-15-3-2-4-16(24)11-15/h2-6,11-12,25H,7-10,13-14H2,1H3. The largest absolute Gasteiger partial charge is 0.497 e. The average Bonchev–Trinajstić information content (AvgIpc) is 2.74. The number of aromatic nitrogens is 1. The Labute approximate surface area is 174 Å². The van der Waals surface area contributed by atoms with Crippen LogP contribution < -0.4 is 15.0 Å². The quantitative estimate of drug-likeness (QED) is 0.612. The van der Waals surface area contributed by atoms with Crippen LogP contribution in [0.25, 0.3) is 10.9 Å². The molecule has 29 heavy (non-hydrogen) atoms. The molecule has 0 unspecified atom stereocenters. The molecule has 152 valence electrons. The molecular weight excluding hydrogens is 393 g/mol. The fourth-order valence-electron chi connectivity index (χ4n) is 3.65. The molecular formula is C22H23ClFN3O2. The lowest BCUT2D eigenvalue weighted by atomic mass is 10.1. The second kappa shape index (κ2) is 8.95. The zero-order valence-corrected chi connectivity index (χ0v) is 17.0. The second-order valence-electron chi connectivity index (χ2n) is 6.95. The van der Waals surface area contributed by atoms with Crippen LogP contribution in [0.1, 0.15) is 11.1 Å². The van der Waals surface area contributed by atoms with E-state index in [0.29, 0.717) is 31.5 Å². The maximum Gasteiger partial charge on any atom is 0.136 e. The van der Waals surface area contributed by atoms with Crippen LogP contribution in [0.4, 0.5) is 10.1 Å². The summed E-state index contributed by atoms with van der Waals surface area (Å²) >= 11 is 6.61. The first kappa shape index (κ1) is 19.9. The summed E-state index contributed by atoms with van der Waals surface area (Å²) < 4.78 is 24.4. The minimum absolute atomic E-state index is 0.240. The molecule has 5 nitrogen and oxygen atoms in total. The Morgan fingerprint density at radius 1 is 1.17 bits per heavy atom. The molecule has 0 saturated carbocycles. The van der Waals surface area contributed by atoms with E-state index in [1.165, 1.54) is 12.1 Å². The Kier molecular flexibility index (Phi) is 6.13. The van der Waals surface area contributed by atoms with Crippen molar-refractivity contribution in [1.82, 2.24) is 10.3 Å². The molecule has 0 atom stereocenters. The van der Waals surface area contributed by atoms with E-state index in [1.807, 2.05) is 24.3 Å². The van der Waals surface area contributed by atoms with Crippen molar-refractivity contribution in [2.45, 2.75) is 13.1 Å². The number of nitrogens with one attached hydrogen (secondary N) is 1. The number of fused-ring (bicyclic) bond motifs is 1. The van der Waals surface area contributed by atoms with E-state index >= 15 is 0 Å². The Morgan fingerprint density at radius 2 is 2.00 bits per heavy atom. The molecule has 0 bridgehead atoms. The van der Waals surface area contributed by atoms with Crippen LogP contribution in [0.15, 0.2) is 42.5 Å². The number of rotatable bonds is 6. The number of ether oxygens (including phenoxy) is 2. The van der Waals surface area contributed by atoms with Gasteiger partial charge in [0.1, 0.15) is 16.7 Å². The van der Waals surface area contributed by atoms with Gasteiger partial charge < -0.3 is 19.7 Å². The topological polar surface area (TPSA) is 46.6 Å². The minimum atomic E-state index is -0.240. The van der Waals surface area contributed by atoms with Gasteiger partial charge in [0.2, 0.25) is 0 Å². The van der Waals surface area contributed by atoms with E-state index < -0.39 is 0 Å². The van der Waals surface area contributed by atoms with Crippen LogP contribution in [-0.4, -0.2) is 38.4 Å². The molecule has 1 fully saturated rings. The number of morpholine rings is 1. The van der Waals surface area contributed by atoms with Gasteiger partial charge in [0.25, 0.3) is 0 Å². The van der Waals surface area contributed by atoms with Gasteiger partial charge in [-0.1, -0.05) is 23.7 Å². The predicted molar refractivity (Wildman–Crippen MR) is 113 cm³/mol. The monoisotopic (exact) mass is 415 g/mol. The summed E-state index contributed by atoms with van der Waals surface area (Å²) in [7, 11) is 1.65. The summed E-state index contributed by atoms with van der Waals surface area (Å²) in [6.45, 7) is 3.95. The molecule has 1 N–H and O–H groups in total. The van der Waals surface area contributed by atoms with Crippen molar-refractivity contribution in [1.29, 1.82) is 0 Å². The molecule has 1 saturated heterocycles. The zero-order chi connectivity index (χ0) is 20.2. The summed E-state index contributed by atoms with van der Waals surface area (Å²) in [5.41, 5.74) is 3.68. The first-order chi connectivity index (χ1) is 14.2. The molecule has 2 heterocycles. The molecule has 0 amide bonds. The van der Waals surface area contributed by atoms with Crippen molar-refractivity contribution in [2.24, 2.45) is 0 Å². The highest BCUT2D eigenvalue weighted by molar-refractivity contribution is 6.31. The summed E-state index contributed by atoms with van der Waals surface area (Å²) in [6, 6.07) is 12.4. The fraction of sp³-hybridized carbons (Fsp3) is 0.318. The lowest BCUT2D eigenvalue weighted by molar-refractivity contribution is 0.122. The summed E-state index contributed by atoms with van der Waals surface area (Å²) in [5, 5.41) is 4.85. The Bertz CT molecular complexity index is 1010. The van der Waals surface area contributed by atoms with Gasteiger partial charge in [-0.05, 0) is 35.9 Å². The maximum atomic E-state index is 13.4. The number of pyridine rings is 1. The van der Waals surface area contributed by atoms with Gasteiger partial charge in [0.05, 0.1) is 31.5 Å². The first-order valence-corrected chi connectivity index (χ1v) is 9.97. The third-order valence-corrected chi connectivity index (χ3v) is 5.37. The second-order valence-corrected chi connectivity index (χ2v) is 7.30. The van der Waals surface area contributed by atoms with Crippen LogP contribution >= 0.6 is 11.6 Å². The number of hydrogen-bond donors (Lipinski definition) is 1. The molecule has 0 spiro atoms. The van der Waals surface area contributed by atoms with Gasteiger partial charge in [-0.2, -0.15) is 0 Å². The molecule has 7 heteroatoms. The van der Waals surface area contributed by atoms with Crippen LogP contribution in [0, 0.1) is 5.82 Å². The Morgan fingerprint density at radius 3 is 2.76 bits per heavy atom. The van der Waals surface area contributed by atoms with Gasteiger partial charge in [-0.3, -0.25) is 0 Å². The molecule has 0 radical (unpaired) electrons. The van der Waals surface area contributed by atoms with Crippen molar-refractivity contribution in [2.75, 3.05) is 38.3 Å². The minimum Gasteiger partial charge on any atom is -0.497 e. The maximum absolute atomic E-state index is 13.4. The third kappa shape index (κ3) is 4.45. The van der Waals surface area contributed by atoms with E-state index in [4.69, 9.17) is 21.1 Å². The van der Waals surface area contributed by atoms with Gasteiger partial charge in [0, 0.05) is 37.1 Å². The van der Waals surface area contributed by atoms with Crippen LogP contribution in [0.2, 0.25) is 5.15 Å². The molecule has 4 rings (SSSR count). The van der Waals surface area contributed by atoms with Crippen LogP contribution in [0.5, 0.6) is 5.75 Å². The molecule has 1 aliphatic rings. The van der Waals surface area contributed by atoms with Gasteiger partial charge in [0.15, 0.2) is 0 Å². The number of hydrogen-bond acceptors (Lipinski definition) is 5. The number of anilines is 1. The highest BCUT2D eigenvalue weighted by Gasteiger charge is 2.21. The predicted octanol–water partition coefficient (Wildman–Crippen LogP) is 4.16. The van der Waals surface area contributed by atoms with Gasteiger partial charge in [-0.15, -0.1) is 0 Å². The third-order valence-electron chi connectivity index (χ3n) is 5.06. The number of halogens is 2. The highest BCUT2D eigenvalue weighted by atomic mass is 35.5. The fourth-order valence-corrected chi connectivity index (χ4v) is 3.89. The van der Waals surface area contributed by atoms with Gasteiger partial charge in [-0.25, -0.2) is 9.37 Å². The highest BCUT2D eigenvalue weighted by Crippen LogP contribution is 2.36. The number of nitrogens with zero attached hydrogens (tertiary/aromatic N) is 2.